The first-order valence-corrected chi connectivity index (χ1v) is 6.44. The number of aryl methyl sites for hydroxylation is 1. The van der Waals surface area contributed by atoms with Gasteiger partial charge in [0.2, 0.25) is 0 Å². The Morgan fingerprint density at radius 1 is 1.20 bits per heavy atom. The molecule has 104 valence electrons. The summed E-state index contributed by atoms with van der Waals surface area (Å²) in [6.07, 6.45) is 2.79. The topological polar surface area (TPSA) is 59.4 Å². The first-order valence-electron chi connectivity index (χ1n) is 6.44. The first-order chi connectivity index (χ1) is 9.47. The van der Waals surface area contributed by atoms with Crippen LogP contribution in [0.2, 0.25) is 0 Å². The molecule has 0 amide bonds. The molecule has 20 heavy (non-hydrogen) atoms. The second kappa shape index (κ2) is 5.74. The quantitative estimate of drug-likeness (QED) is 0.912. The zero-order valence-electron chi connectivity index (χ0n) is 11.8. The van der Waals surface area contributed by atoms with Gasteiger partial charge in [-0.25, -0.2) is 4.79 Å². The van der Waals surface area contributed by atoms with Gasteiger partial charge in [-0.05, 0) is 42.2 Å². The van der Waals surface area contributed by atoms with E-state index in [9.17, 15) is 4.79 Å². The Balaban J connectivity index is 2.24. The predicted octanol–water partition coefficient (Wildman–Crippen LogP) is 4.00. The fourth-order valence-corrected chi connectivity index (χ4v) is 2.09. The van der Waals surface area contributed by atoms with E-state index in [1.165, 1.54) is 24.0 Å². The lowest BCUT2D eigenvalue weighted by Gasteiger charge is -2.12. The molecule has 1 heterocycles. The molecule has 0 saturated carbocycles. The van der Waals surface area contributed by atoms with Crippen LogP contribution < -0.4 is 4.74 Å². The molecule has 0 aliphatic carbocycles. The smallest absolute Gasteiger partial charge is 0.337 e. The van der Waals surface area contributed by atoms with Crippen LogP contribution >= 0.6 is 0 Å². The van der Waals surface area contributed by atoms with Gasteiger partial charge in [-0.2, -0.15) is 0 Å². The van der Waals surface area contributed by atoms with Gasteiger partial charge in [0.15, 0.2) is 0 Å². The number of benzene rings is 1. The van der Waals surface area contributed by atoms with Gasteiger partial charge >= 0.3 is 5.97 Å². The number of ether oxygens (including phenoxy) is 1. The van der Waals surface area contributed by atoms with Crippen LogP contribution in [0.25, 0.3) is 0 Å². The van der Waals surface area contributed by atoms with Crippen LogP contribution in [-0.4, -0.2) is 16.1 Å². The van der Waals surface area contributed by atoms with Gasteiger partial charge in [0.05, 0.1) is 11.8 Å². The molecule has 0 saturated heterocycles. The molecule has 0 unspecified atom stereocenters. The lowest BCUT2D eigenvalue weighted by atomic mass is 9.98. The van der Waals surface area contributed by atoms with Crippen molar-refractivity contribution in [1.82, 2.24) is 4.98 Å². The Morgan fingerprint density at radius 3 is 2.55 bits per heavy atom. The minimum atomic E-state index is -1.02. The highest BCUT2D eigenvalue weighted by molar-refractivity contribution is 5.87. The molecule has 0 spiro atoms. The summed E-state index contributed by atoms with van der Waals surface area (Å²) in [6, 6.07) is 7.32. The fourth-order valence-electron chi connectivity index (χ4n) is 2.09. The van der Waals surface area contributed by atoms with Crippen molar-refractivity contribution in [3.63, 3.8) is 0 Å². The number of hydrogen-bond acceptors (Lipinski definition) is 3. The van der Waals surface area contributed by atoms with Crippen molar-refractivity contribution in [3.05, 3.63) is 53.3 Å². The van der Waals surface area contributed by atoms with Crippen molar-refractivity contribution >= 4 is 5.97 Å². The maximum absolute atomic E-state index is 10.9. The molecule has 1 N–H and O–H groups in total. The van der Waals surface area contributed by atoms with Gasteiger partial charge in [0.25, 0.3) is 0 Å². The number of hydrogen-bond donors (Lipinski definition) is 1. The van der Waals surface area contributed by atoms with Crippen LogP contribution in [0.3, 0.4) is 0 Å². The van der Waals surface area contributed by atoms with Crippen LogP contribution in [-0.2, 0) is 0 Å². The Labute approximate surface area is 118 Å². The van der Waals surface area contributed by atoms with Gasteiger partial charge in [-0.1, -0.05) is 19.9 Å². The summed E-state index contributed by atoms with van der Waals surface area (Å²) >= 11 is 0. The number of aromatic carboxylic acids is 1. The molecule has 0 fully saturated rings. The van der Waals surface area contributed by atoms with Gasteiger partial charge in [0.1, 0.15) is 11.5 Å². The standard InChI is InChI=1S/C16H17NO3/c1-10(2)15-5-4-13(6-11(15)3)20-14-7-12(16(18)19)8-17-9-14/h4-10H,1-3H3,(H,18,19). The third-order valence-corrected chi connectivity index (χ3v) is 3.06. The Hall–Kier alpha value is -2.36. The van der Waals surface area contributed by atoms with E-state index in [4.69, 9.17) is 9.84 Å². The minimum Gasteiger partial charge on any atom is -0.478 e. The predicted molar refractivity (Wildman–Crippen MR) is 76.5 cm³/mol. The lowest BCUT2D eigenvalue weighted by molar-refractivity contribution is 0.0696. The molecule has 4 heteroatoms. The summed E-state index contributed by atoms with van der Waals surface area (Å²) in [5, 5.41) is 8.92. The molecule has 1 aromatic heterocycles. The highest BCUT2D eigenvalue weighted by Crippen LogP contribution is 2.27. The summed E-state index contributed by atoms with van der Waals surface area (Å²) in [4.78, 5) is 14.7. The highest BCUT2D eigenvalue weighted by atomic mass is 16.5. The van der Waals surface area contributed by atoms with E-state index in [-0.39, 0.29) is 5.56 Å². The molecule has 2 aromatic rings. The van der Waals surface area contributed by atoms with Crippen LogP contribution in [0.4, 0.5) is 0 Å². The van der Waals surface area contributed by atoms with Gasteiger partial charge < -0.3 is 9.84 Å². The van der Waals surface area contributed by atoms with E-state index in [0.29, 0.717) is 17.4 Å². The summed E-state index contributed by atoms with van der Waals surface area (Å²) < 4.78 is 5.66. The van der Waals surface area contributed by atoms with Crippen molar-refractivity contribution in [2.45, 2.75) is 26.7 Å². The molecular formula is C16H17NO3. The van der Waals surface area contributed by atoms with Crippen molar-refractivity contribution in [2.24, 2.45) is 0 Å². The number of pyridine rings is 1. The molecule has 0 bridgehead atoms. The summed E-state index contributed by atoms with van der Waals surface area (Å²) in [6.45, 7) is 6.32. The molecule has 0 radical (unpaired) electrons. The second-order valence-corrected chi connectivity index (χ2v) is 4.99. The van der Waals surface area contributed by atoms with Gasteiger partial charge in [-0.3, -0.25) is 4.98 Å². The average Bonchev–Trinajstić information content (AvgIpc) is 2.38. The zero-order valence-corrected chi connectivity index (χ0v) is 11.8. The minimum absolute atomic E-state index is 0.109. The molecule has 1 aromatic carbocycles. The SMILES string of the molecule is Cc1cc(Oc2cncc(C(=O)O)c2)ccc1C(C)C. The van der Waals surface area contributed by atoms with Gasteiger partial charge in [-0.15, -0.1) is 0 Å². The van der Waals surface area contributed by atoms with Crippen molar-refractivity contribution in [1.29, 1.82) is 0 Å². The number of carboxylic acids is 1. The molecule has 4 nitrogen and oxygen atoms in total. The van der Waals surface area contributed by atoms with E-state index in [1.807, 2.05) is 25.1 Å². The first kappa shape index (κ1) is 14.1. The number of aromatic nitrogens is 1. The summed E-state index contributed by atoms with van der Waals surface area (Å²) in [5.74, 6) is 0.535. The van der Waals surface area contributed by atoms with E-state index in [2.05, 4.69) is 18.8 Å². The average molecular weight is 271 g/mol. The zero-order chi connectivity index (χ0) is 14.7. The fraction of sp³-hybridized carbons (Fsp3) is 0.250. The summed E-state index contributed by atoms with van der Waals surface area (Å²) in [7, 11) is 0. The van der Waals surface area contributed by atoms with E-state index >= 15 is 0 Å². The Bertz CT molecular complexity index is 635. The molecular weight excluding hydrogens is 254 g/mol. The second-order valence-electron chi connectivity index (χ2n) is 4.99. The van der Waals surface area contributed by atoms with E-state index < -0.39 is 5.97 Å². The number of carbonyl (C=O) groups is 1. The Morgan fingerprint density at radius 2 is 1.95 bits per heavy atom. The normalized spacial score (nSPS) is 10.6. The maximum atomic E-state index is 10.9. The van der Waals surface area contributed by atoms with Crippen LogP contribution in [0.15, 0.2) is 36.7 Å². The van der Waals surface area contributed by atoms with Crippen LogP contribution in [0.1, 0.15) is 41.3 Å². The van der Waals surface area contributed by atoms with Crippen LogP contribution in [0.5, 0.6) is 11.5 Å². The monoisotopic (exact) mass is 271 g/mol. The van der Waals surface area contributed by atoms with E-state index in [0.717, 1.165) is 5.56 Å². The number of carboxylic acid groups (broad SMARTS) is 1. The van der Waals surface area contributed by atoms with E-state index in [1.54, 1.807) is 0 Å². The van der Waals surface area contributed by atoms with Crippen molar-refractivity contribution in [2.75, 3.05) is 0 Å². The molecule has 0 atom stereocenters. The Kier molecular flexibility index (Phi) is 4.03. The maximum Gasteiger partial charge on any atom is 0.337 e. The van der Waals surface area contributed by atoms with Crippen molar-refractivity contribution in [3.8, 4) is 11.5 Å². The molecule has 0 aliphatic heterocycles. The summed E-state index contributed by atoms with van der Waals surface area (Å²) in [5.41, 5.74) is 2.53. The highest BCUT2D eigenvalue weighted by Gasteiger charge is 2.08. The number of rotatable bonds is 4. The van der Waals surface area contributed by atoms with Crippen LogP contribution in [0, 0.1) is 6.92 Å². The molecule has 0 aliphatic rings. The third kappa shape index (κ3) is 3.15. The van der Waals surface area contributed by atoms with Gasteiger partial charge in [0, 0.05) is 6.20 Å². The third-order valence-electron chi connectivity index (χ3n) is 3.06. The number of nitrogens with zero attached hydrogens (tertiary/aromatic N) is 1. The lowest BCUT2D eigenvalue weighted by Crippen LogP contribution is -1.98. The van der Waals surface area contributed by atoms with Crippen molar-refractivity contribution < 1.29 is 14.6 Å². The molecule has 2 rings (SSSR count). The largest absolute Gasteiger partial charge is 0.478 e.